The van der Waals surface area contributed by atoms with E-state index in [4.69, 9.17) is 0 Å². The van der Waals surface area contributed by atoms with E-state index < -0.39 is 10.0 Å². The van der Waals surface area contributed by atoms with E-state index >= 15 is 0 Å². The van der Waals surface area contributed by atoms with Gasteiger partial charge in [0, 0.05) is 36.6 Å². The maximum Gasteiger partial charge on any atom is 0.243 e. The summed E-state index contributed by atoms with van der Waals surface area (Å²) >= 11 is 0. The Morgan fingerprint density at radius 3 is 2.38 bits per heavy atom. The van der Waals surface area contributed by atoms with E-state index in [1.807, 2.05) is 18.5 Å². The molecule has 8 heteroatoms. The number of aromatic nitrogens is 2. The fourth-order valence-corrected chi connectivity index (χ4v) is 5.81. The molecule has 0 atom stereocenters. The van der Waals surface area contributed by atoms with Crippen LogP contribution in [0.1, 0.15) is 62.9 Å². The Morgan fingerprint density at radius 1 is 1.16 bits per heavy atom. The van der Waals surface area contributed by atoms with E-state index in [1.165, 1.54) is 10.7 Å². The van der Waals surface area contributed by atoms with Crippen LogP contribution in [0.25, 0.3) is 0 Å². The van der Waals surface area contributed by atoms with Crippen LogP contribution in [0.3, 0.4) is 0 Å². The second-order valence-corrected chi connectivity index (χ2v) is 11.3. The van der Waals surface area contributed by atoms with Gasteiger partial charge in [0.15, 0.2) is 0 Å². The van der Waals surface area contributed by atoms with Crippen LogP contribution in [-0.2, 0) is 27.8 Å². The van der Waals surface area contributed by atoms with Crippen molar-refractivity contribution in [3.05, 3.63) is 41.2 Å². The van der Waals surface area contributed by atoms with Crippen LogP contribution >= 0.6 is 0 Å². The number of sulfonamides is 1. The number of rotatable bonds is 8. The lowest BCUT2D eigenvalue weighted by Crippen LogP contribution is -2.38. The van der Waals surface area contributed by atoms with Gasteiger partial charge in [-0.2, -0.15) is 9.40 Å². The third kappa shape index (κ3) is 5.59. The first-order valence-electron chi connectivity index (χ1n) is 11.5. The highest BCUT2D eigenvalue weighted by molar-refractivity contribution is 7.89. The molecule has 0 saturated heterocycles. The van der Waals surface area contributed by atoms with Crippen molar-refractivity contribution in [3.8, 4) is 0 Å². The first-order chi connectivity index (χ1) is 15.1. The number of nitrogens with one attached hydrogen (secondary N) is 1. The Kier molecular flexibility index (Phi) is 7.77. The van der Waals surface area contributed by atoms with Gasteiger partial charge >= 0.3 is 0 Å². The summed E-state index contributed by atoms with van der Waals surface area (Å²) in [6, 6.07) is 6.52. The number of carbonyl (C=O) groups is 1. The molecule has 0 bridgehead atoms. The summed E-state index contributed by atoms with van der Waals surface area (Å²) in [7, 11) is -1.87. The highest BCUT2D eigenvalue weighted by atomic mass is 32.2. The predicted molar refractivity (Wildman–Crippen MR) is 127 cm³/mol. The second kappa shape index (κ2) is 10.2. The molecule has 1 amide bonds. The van der Waals surface area contributed by atoms with Crippen molar-refractivity contribution in [1.82, 2.24) is 14.1 Å². The normalized spacial score (nSPS) is 15.5. The number of hydrogen-bond acceptors (Lipinski definition) is 4. The fourth-order valence-electron chi connectivity index (χ4n) is 4.40. The van der Waals surface area contributed by atoms with Gasteiger partial charge in [0.25, 0.3) is 0 Å². The summed E-state index contributed by atoms with van der Waals surface area (Å²) in [6.07, 6.45) is 5.39. The van der Waals surface area contributed by atoms with Crippen molar-refractivity contribution in [2.45, 2.75) is 83.7 Å². The Balaban J connectivity index is 1.65. The van der Waals surface area contributed by atoms with Crippen molar-refractivity contribution in [1.29, 1.82) is 0 Å². The van der Waals surface area contributed by atoms with Gasteiger partial charge in [-0.15, -0.1) is 0 Å². The standard InChI is InChI=1S/C24H36N4O3S/c1-17(2)16-28-19(4)23(18(3)26-28)15-24(29)25-20-11-13-22(14-12-20)32(30,31)27(5)21-9-7-6-8-10-21/h11-14,17,21H,6-10,15-16H2,1-5H3,(H,25,29). The van der Waals surface area contributed by atoms with Crippen LogP contribution in [0.2, 0.25) is 0 Å². The molecule has 176 valence electrons. The van der Waals surface area contributed by atoms with Crippen LogP contribution in [0.15, 0.2) is 29.2 Å². The molecule has 1 aromatic heterocycles. The third-order valence-corrected chi connectivity index (χ3v) is 8.24. The molecule has 1 N–H and O–H groups in total. The van der Waals surface area contributed by atoms with Crippen molar-refractivity contribution in [2.75, 3.05) is 12.4 Å². The maximum atomic E-state index is 13.0. The number of anilines is 1. The lowest BCUT2D eigenvalue weighted by atomic mass is 9.96. The summed E-state index contributed by atoms with van der Waals surface area (Å²) in [5.41, 5.74) is 3.40. The molecule has 0 unspecified atom stereocenters. The fraction of sp³-hybridized carbons (Fsp3) is 0.583. The smallest absolute Gasteiger partial charge is 0.243 e. The summed E-state index contributed by atoms with van der Waals surface area (Å²) in [5, 5.41) is 7.45. The number of benzene rings is 1. The van der Waals surface area contributed by atoms with Crippen molar-refractivity contribution in [3.63, 3.8) is 0 Å². The average molecular weight is 461 g/mol. The van der Waals surface area contributed by atoms with Crippen LogP contribution in [0, 0.1) is 19.8 Å². The summed E-state index contributed by atoms with van der Waals surface area (Å²) in [5.74, 6) is 0.330. The number of nitrogens with zero attached hydrogens (tertiary/aromatic N) is 3. The highest BCUT2D eigenvalue weighted by Gasteiger charge is 2.29. The zero-order valence-electron chi connectivity index (χ0n) is 19.9. The van der Waals surface area contributed by atoms with Crippen molar-refractivity contribution >= 4 is 21.6 Å². The molecule has 0 aliphatic heterocycles. The van der Waals surface area contributed by atoms with Crippen molar-refractivity contribution in [2.24, 2.45) is 5.92 Å². The van der Waals surface area contributed by atoms with E-state index in [0.717, 1.165) is 49.2 Å². The quantitative estimate of drug-likeness (QED) is 0.637. The van der Waals surface area contributed by atoms with Crippen LogP contribution in [0.4, 0.5) is 5.69 Å². The summed E-state index contributed by atoms with van der Waals surface area (Å²) in [6.45, 7) is 9.02. The zero-order chi connectivity index (χ0) is 23.5. The Morgan fingerprint density at radius 2 is 1.78 bits per heavy atom. The van der Waals surface area contributed by atoms with E-state index in [-0.39, 0.29) is 23.3 Å². The lowest BCUT2D eigenvalue weighted by Gasteiger charge is -2.30. The maximum absolute atomic E-state index is 13.0. The van der Waals surface area contributed by atoms with Gasteiger partial charge < -0.3 is 5.32 Å². The van der Waals surface area contributed by atoms with Gasteiger partial charge in [0.05, 0.1) is 17.0 Å². The first-order valence-corrected chi connectivity index (χ1v) is 12.9. The molecule has 2 aromatic rings. The van der Waals surface area contributed by atoms with Gasteiger partial charge in [-0.25, -0.2) is 8.42 Å². The topological polar surface area (TPSA) is 84.3 Å². The van der Waals surface area contributed by atoms with E-state index in [9.17, 15) is 13.2 Å². The minimum absolute atomic E-state index is 0.0659. The number of carbonyl (C=O) groups excluding carboxylic acids is 1. The Bertz CT molecular complexity index is 1040. The first kappa shape index (κ1) is 24.5. The molecular formula is C24H36N4O3S. The van der Waals surface area contributed by atoms with E-state index in [0.29, 0.717) is 11.6 Å². The second-order valence-electron chi connectivity index (χ2n) is 9.29. The molecule has 3 rings (SSSR count). The molecule has 7 nitrogen and oxygen atoms in total. The van der Waals surface area contributed by atoms with Gasteiger partial charge in [-0.1, -0.05) is 33.1 Å². The monoisotopic (exact) mass is 460 g/mol. The SMILES string of the molecule is Cc1nn(CC(C)C)c(C)c1CC(=O)Nc1ccc(S(=O)(=O)N(C)C2CCCCC2)cc1. The molecular weight excluding hydrogens is 424 g/mol. The van der Waals surface area contributed by atoms with Crippen LogP contribution < -0.4 is 5.32 Å². The minimum Gasteiger partial charge on any atom is -0.326 e. The third-order valence-electron chi connectivity index (χ3n) is 6.31. The summed E-state index contributed by atoms with van der Waals surface area (Å²) < 4.78 is 29.5. The predicted octanol–water partition coefficient (Wildman–Crippen LogP) is 4.29. The Hall–Kier alpha value is -2.19. The van der Waals surface area contributed by atoms with Gasteiger partial charge in [-0.05, 0) is 56.9 Å². The van der Waals surface area contributed by atoms with Crippen LogP contribution in [0.5, 0.6) is 0 Å². The molecule has 0 spiro atoms. The van der Waals surface area contributed by atoms with Gasteiger partial charge in [0.2, 0.25) is 15.9 Å². The number of aryl methyl sites for hydroxylation is 1. The molecule has 32 heavy (non-hydrogen) atoms. The molecule has 1 heterocycles. The van der Waals surface area contributed by atoms with Crippen molar-refractivity contribution < 1.29 is 13.2 Å². The van der Waals surface area contributed by atoms with Gasteiger partial charge in [-0.3, -0.25) is 9.48 Å². The number of amides is 1. The molecule has 1 aliphatic carbocycles. The molecule has 1 saturated carbocycles. The Labute approximate surface area is 192 Å². The van der Waals surface area contributed by atoms with Crippen LogP contribution in [-0.4, -0.2) is 41.5 Å². The zero-order valence-corrected chi connectivity index (χ0v) is 20.7. The number of hydrogen-bond donors (Lipinski definition) is 1. The largest absolute Gasteiger partial charge is 0.326 e. The molecule has 1 fully saturated rings. The highest BCUT2D eigenvalue weighted by Crippen LogP contribution is 2.27. The van der Waals surface area contributed by atoms with Gasteiger partial charge in [0.1, 0.15) is 0 Å². The molecule has 1 aliphatic rings. The average Bonchev–Trinajstić information content (AvgIpc) is 3.01. The molecule has 0 radical (unpaired) electrons. The summed E-state index contributed by atoms with van der Waals surface area (Å²) in [4.78, 5) is 12.9. The van der Waals surface area contributed by atoms with E-state index in [2.05, 4.69) is 24.3 Å². The van der Waals surface area contributed by atoms with E-state index in [1.54, 1.807) is 31.3 Å². The lowest BCUT2D eigenvalue weighted by molar-refractivity contribution is -0.115. The molecule has 1 aromatic carbocycles. The minimum atomic E-state index is -3.54.